The van der Waals surface area contributed by atoms with Crippen molar-refractivity contribution in [1.82, 2.24) is 4.90 Å². The first kappa shape index (κ1) is 15.6. The Hall–Kier alpha value is -1.69. The number of nitrogens with zero attached hydrogens (tertiary/aromatic N) is 1. The summed E-state index contributed by atoms with van der Waals surface area (Å²) in [6.07, 6.45) is 4.51. The number of rotatable bonds is 3. The highest BCUT2D eigenvalue weighted by Gasteiger charge is 2.74. The first-order valence-corrected chi connectivity index (χ1v) is 9.71. The Morgan fingerprint density at radius 1 is 1.08 bits per heavy atom. The van der Waals surface area contributed by atoms with Gasteiger partial charge in [-0.1, -0.05) is 15.9 Å². The van der Waals surface area contributed by atoms with Crippen LogP contribution in [0.4, 0.5) is 5.69 Å². The SMILES string of the molecule is O=C(CN1C(=O)C2C(C1=O)[C@@H]1CC[C@H]2C12CC2)Nc1ccc(Br)cc1. The number of carbonyl (C=O) groups excluding carboxylic acids is 3. The molecule has 1 heterocycles. The average molecular weight is 403 g/mol. The van der Waals surface area contributed by atoms with E-state index in [1.54, 1.807) is 12.1 Å². The van der Waals surface area contributed by atoms with E-state index in [1.165, 1.54) is 17.7 Å². The van der Waals surface area contributed by atoms with Crippen molar-refractivity contribution in [2.45, 2.75) is 25.7 Å². The van der Waals surface area contributed by atoms with Gasteiger partial charge in [0.05, 0.1) is 11.8 Å². The lowest BCUT2D eigenvalue weighted by Gasteiger charge is -2.21. The van der Waals surface area contributed by atoms with Crippen molar-refractivity contribution in [2.24, 2.45) is 29.1 Å². The number of fused-ring (bicyclic) bond motifs is 3. The molecule has 130 valence electrons. The van der Waals surface area contributed by atoms with E-state index in [9.17, 15) is 14.4 Å². The molecule has 5 rings (SSSR count). The van der Waals surface area contributed by atoms with E-state index < -0.39 is 0 Å². The van der Waals surface area contributed by atoms with E-state index in [1.807, 2.05) is 12.1 Å². The Morgan fingerprint density at radius 3 is 2.16 bits per heavy atom. The van der Waals surface area contributed by atoms with Gasteiger partial charge in [-0.25, -0.2) is 0 Å². The minimum atomic E-state index is -0.322. The molecule has 5 nitrogen and oxygen atoms in total. The summed E-state index contributed by atoms with van der Waals surface area (Å²) >= 11 is 3.35. The molecule has 25 heavy (non-hydrogen) atoms. The summed E-state index contributed by atoms with van der Waals surface area (Å²) in [7, 11) is 0. The van der Waals surface area contributed by atoms with Crippen molar-refractivity contribution >= 4 is 39.3 Å². The van der Waals surface area contributed by atoms with Gasteiger partial charge >= 0.3 is 0 Å². The van der Waals surface area contributed by atoms with Crippen LogP contribution in [0.5, 0.6) is 0 Å². The lowest BCUT2D eigenvalue weighted by Crippen LogP contribution is -2.40. The zero-order valence-electron chi connectivity index (χ0n) is 13.7. The third kappa shape index (κ3) is 2.09. The minimum absolute atomic E-state index is 0.112. The molecule has 1 spiro atoms. The summed E-state index contributed by atoms with van der Waals surface area (Å²) in [5.41, 5.74) is 0.955. The maximum atomic E-state index is 12.9. The van der Waals surface area contributed by atoms with Crippen molar-refractivity contribution in [2.75, 3.05) is 11.9 Å². The maximum absolute atomic E-state index is 12.9. The third-order valence-corrected chi connectivity index (χ3v) is 7.41. The molecule has 1 aromatic rings. The van der Waals surface area contributed by atoms with E-state index in [0.717, 1.165) is 17.3 Å². The Labute approximate surface area is 154 Å². The summed E-state index contributed by atoms with van der Waals surface area (Å²) in [5, 5.41) is 2.76. The van der Waals surface area contributed by atoms with E-state index in [2.05, 4.69) is 21.2 Å². The van der Waals surface area contributed by atoms with Gasteiger partial charge in [-0.05, 0) is 67.2 Å². The molecule has 2 bridgehead atoms. The van der Waals surface area contributed by atoms with Crippen LogP contribution in [0.2, 0.25) is 0 Å². The lowest BCUT2D eigenvalue weighted by molar-refractivity contribution is -0.143. The first-order chi connectivity index (χ1) is 12.0. The number of halogens is 1. The highest BCUT2D eigenvalue weighted by Crippen LogP contribution is 2.75. The van der Waals surface area contributed by atoms with Crippen LogP contribution in [-0.2, 0) is 14.4 Å². The Morgan fingerprint density at radius 2 is 1.64 bits per heavy atom. The third-order valence-electron chi connectivity index (χ3n) is 6.88. The van der Waals surface area contributed by atoms with Crippen LogP contribution in [0, 0.1) is 29.1 Å². The fraction of sp³-hybridized carbons (Fsp3) is 0.526. The van der Waals surface area contributed by atoms with Gasteiger partial charge in [0.15, 0.2) is 0 Å². The fourth-order valence-electron chi connectivity index (χ4n) is 5.82. The number of carbonyl (C=O) groups is 3. The molecule has 1 aromatic carbocycles. The van der Waals surface area contributed by atoms with Crippen LogP contribution in [0.3, 0.4) is 0 Å². The average Bonchev–Trinajstić information content (AvgIpc) is 3.20. The van der Waals surface area contributed by atoms with Crippen molar-refractivity contribution in [3.63, 3.8) is 0 Å². The molecule has 1 aliphatic heterocycles. The van der Waals surface area contributed by atoms with Gasteiger partial charge in [-0.15, -0.1) is 0 Å². The molecular weight excluding hydrogens is 384 g/mol. The summed E-state index contributed by atoms with van der Waals surface area (Å²) in [4.78, 5) is 39.2. The predicted molar refractivity (Wildman–Crippen MR) is 94.4 cm³/mol. The molecule has 4 atom stereocenters. The molecule has 6 heteroatoms. The van der Waals surface area contributed by atoms with Crippen LogP contribution in [0.1, 0.15) is 25.7 Å². The van der Waals surface area contributed by atoms with Gasteiger partial charge in [-0.2, -0.15) is 0 Å². The number of anilines is 1. The van der Waals surface area contributed by atoms with Crippen LogP contribution < -0.4 is 5.32 Å². The van der Waals surface area contributed by atoms with Gasteiger partial charge < -0.3 is 5.32 Å². The summed E-state index contributed by atoms with van der Waals surface area (Å²) in [5.74, 6) is -0.114. The summed E-state index contributed by atoms with van der Waals surface area (Å²) in [6.45, 7) is -0.173. The smallest absolute Gasteiger partial charge is 0.244 e. The number of amides is 3. The van der Waals surface area contributed by atoms with Crippen molar-refractivity contribution in [3.8, 4) is 0 Å². The molecule has 3 amide bonds. The topological polar surface area (TPSA) is 66.5 Å². The summed E-state index contributed by atoms with van der Waals surface area (Å²) < 4.78 is 0.924. The number of benzene rings is 1. The zero-order valence-corrected chi connectivity index (χ0v) is 15.3. The van der Waals surface area contributed by atoms with E-state index >= 15 is 0 Å². The minimum Gasteiger partial charge on any atom is -0.325 e. The molecule has 3 aliphatic carbocycles. The van der Waals surface area contributed by atoms with E-state index in [0.29, 0.717) is 22.9 Å². The Kier molecular flexibility index (Phi) is 3.21. The molecule has 0 radical (unpaired) electrons. The second-order valence-electron chi connectivity index (χ2n) is 7.89. The quantitative estimate of drug-likeness (QED) is 0.790. The van der Waals surface area contributed by atoms with Crippen molar-refractivity contribution in [3.05, 3.63) is 28.7 Å². The number of likely N-dealkylation sites (tertiary alicyclic amines) is 1. The van der Waals surface area contributed by atoms with Crippen LogP contribution in [0.15, 0.2) is 28.7 Å². The van der Waals surface area contributed by atoms with Gasteiger partial charge in [0.2, 0.25) is 17.7 Å². The zero-order chi connectivity index (χ0) is 17.3. The van der Waals surface area contributed by atoms with E-state index in [-0.39, 0.29) is 36.1 Å². The van der Waals surface area contributed by atoms with Crippen LogP contribution >= 0.6 is 15.9 Å². The van der Waals surface area contributed by atoms with Gasteiger partial charge in [0.1, 0.15) is 6.54 Å². The van der Waals surface area contributed by atoms with Crippen LogP contribution in [-0.4, -0.2) is 29.2 Å². The normalized spacial score (nSPS) is 33.9. The highest BCUT2D eigenvalue weighted by atomic mass is 79.9. The maximum Gasteiger partial charge on any atom is 0.244 e. The molecule has 4 aliphatic rings. The molecule has 1 saturated heterocycles. The van der Waals surface area contributed by atoms with Crippen molar-refractivity contribution in [1.29, 1.82) is 0 Å². The number of nitrogens with one attached hydrogen (secondary N) is 1. The largest absolute Gasteiger partial charge is 0.325 e. The molecule has 1 N–H and O–H groups in total. The number of hydrogen-bond acceptors (Lipinski definition) is 3. The summed E-state index contributed by atoms with van der Waals surface area (Å²) in [6, 6.07) is 7.22. The second-order valence-corrected chi connectivity index (χ2v) is 8.81. The molecule has 4 fully saturated rings. The second kappa shape index (κ2) is 5.16. The van der Waals surface area contributed by atoms with Gasteiger partial charge in [-0.3, -0.25) is 19.3 Å². The first-order valence-electron chi connectivity index (χ1n) is 8.92. The molecule has 3 saturated carbocycles. The molecule has 2 unspecified atom stereocenters. The Balaban J connectivity index is 1.31. The van der Waals surface area contributed by atoms with Gasteiger partial charge in [0, 0.05) is 10.2 Å². The number of hydrogen-bond donors (Lipinski definition) is 1. The van der Waals surface area contributed by atoms with Crippen LogP contribution in [0.25, 0.3) is 0 Å². The molecule has 0 aromatic heterocycles. The highest BCUT2D eigenvalue weighted by molar-refractivity contribution is 9.10. The van der Waals surface area contributed by atoms with Crippen molar-refractivity contribution < 1.29 is 14.4 Å². The fourth-order valence-corrected chi connectivity index (χ4v) is 6.09. The monoisotopic (exact) mass is 402 g/mol. The predicted octanol–water partition coefficient (Wildman–Crippen LogP) is 2.81. The van der Waals surface area contributed by atoms with E-state index in [4.69, 9.17) is 0 Å². The number of imide groups is 1. The standard InChI is InChI=1S/C19H19BrN2O3/c20-10-1-3-11(4-2-10)21-14(23)9-22-17(24)15-12-5-6-13(16(15)18(22)25)19(12)7-8-19/h1-4,12-13,15-16H,5-9H2,(H,21,23)/t12-,13+,15?,16?. The lowest BCUT2D eigenvalue weighted by atomic mass is 9.81. The van der Waals surface area contributed by atoms with Gasteiger partial charge in [0.25, 0.3) is 0 Å². The Bertz CT molecular complexity index is 754. The molecular formula is C19H19BrN2O3.